The molecule has 1 fully saturated rings. The summed E-state index contributed by atoms with van der Waals surface area (Å²) in [7, 11) is 0. The quantitative estimate of drug-likeness (QED) is 0.877. The number of aromatic nitrogens is 2. The van der Waals surface area contributed by atoms with Gasteiger partial charge in [0.25, 0.3) is 0 Å². The zero-order valence-electron chi connectivity index (χ0n) is 10.7. The number of nitrogens with one attached hydrogen (secondary N) is 1. The molecule has 0 bridgehead atoms. The van der Waals surface area contributed by atoms with E-state index in [-0.39, 0.29) is 0 Å². The summed E-state index contributed by atoms with van der Waals surface area (Å²) < 4.78 is 2.04. The zero-order valence-corrected chi connectivity index (χ0v) is 11.5. The van der Waals surface area contributed by atoms with Crippen LogP contribution in [0.15, 0.2) is 6.20 Å². The highest BCUT2D eigenvalue weighted by atomic mass is 35.5. The maximum atomic E-state index is 6.05. The number of rotatable bonds is 5. The molecule has 1 aliphatic rings. The highest BCUT2D eigenvalue weighted by Gasteiger charge is 2.25. The second-order valence-electron chi connectivity index (χ2n) is 4.97. The van der Waals surface area contributed by atoms with Crippen molar-refractivity contribution in [3.63, 3.8) is 0 Å². The largest absolute Gasteiger partial charge is 0.312 e. The van der Waals surface area contributed by atoms with Crippen LogP contribution >= 0.6 is 11.6 Å². The molecule has 0 spiro atoms. The normalized spacial score (nSPS) is 18.8. The Balaban J connectivity index is 2.04. The smallest absolute Gasteiger partial charge is 0.0814 e. The molecular formula is C13H22ClN3. The summed E-state index contributed by atoms with van der Waals surface area (Å²) in [6.45, 7) is 6.17. The standard InChI is InChI=1S/C13H22ClN3/c1-3-15-13(11-6-4-5-7-11)9-17-10(2)12(14)8-16-17/h8,11,13,15H,3-7,9H2,1-2H3. The topological polar surface area (TPSA) is 29.9 Å². The summed E-state index contributed by atoms with van der Waals surface area (Å²) in [4.78, 5) is 0. The molecule has 1 atom stereocenters. The fourth-order valence-electron chi connectivity index (χ4n) is 2.80. The van der Waals surface area contributed by atoms with Crippen molar-refractivity contribution in [1.82, 2.24) is 15.1 Å². The molecule has 0 saturated heterocycles. The lowest BCUT2D eigenvalue weighted by Gasteiger charge is -2.24. The molecule has 1 aromatic rings. The Morgan fingerprint density at radius 1 is 1.53 bits per heavy atom. The van der Waals surface area contributed by atoms with Gasteiger partial charge in [0.15, 0.2) is 0 Å². The van der Waals surface area contributed by atoms with E-state index in [0.717, 1.165) is 29.7 Å². The van der Waals surface area contributed by atoms with E-state index >= 15 is 0 Å². The van der Waals surface area contributed by atoms with Crippen LogP contribution in [0.5, 0.6) is 0 Å². The fourth-order valence-corrected chi connectivity index (χ4v) is 2.94. The lowest BCUT2D eigenvalue weighted by Crippen LogP contribution is -2.39. The van der Waals surface area contributed by atoms with Crippen molar-refractivity contribution in [2.24, 2.45) is 5.92 Å². The van der Waals surface area contributed by atoms with Gasteiger partial charge in [-0.2, -0.15) is 5.10 Å². The molecule has 17 heavy (non-hydrogen) atoms. The summed E-state index contributed by atoms with van der Waals surface area (Å²) in [6, 6.07) is 0.539. The molecule has 3 nitrogen and oxygen atoms in total. The van der Waals surface area contributed by atoms with Gasteiger partial charge in [0.05, 0.1) is 23.5 Å². The van der Waals surface area contributed by atoms with Crippen molar-refractivity contribution in [3.05, 3.63) is 16.9 Å². The third kappa shape index (κ3) is 3.02. The first kappa shape index (κ1) is 12.9. The molecule has 96 valence electrons. The molecule has 1 unspecified atom stereocenters. The Morgan fingerprint density at radius 2 is 2.24 bits per heavy atom. The molecule has 0 aromatic carbocycles. The van der Waals surface area contributed by atoms with Crippen LogP contribution in [0.4, 0.5) is 0 Å². The molecular weight excluding hydrogens is 234 g/mol. The van der Waals surface area contributed by atoms with E-state index < -0.39 is 0 Å². The summed E-state index contributed by atoms with van der Waals surface area (Å²) in [5.41, 5.74) is 1.08. The van der Waals surface area contributed by atoms with Crippen LogP contribution in [0.3, 0.4) is 0 Å². The second kappa shape index (κ2) is 5.87. The van der Waals surface area contributed by atoms with Gasteiger partial charge in [0, 0.05) is 6.04 Å². The molecule has 0 amide bonds. The molecule has 4 heteroatoms. The van der Waals surface area contributed by atoms with E-state index in [1.54, 1.807) is 6.20 Å². The molecule has 0 aliphatic heterocycles. The fraction of sp³-hybridized carbons (Fsp3) is 0.769. The second-order valence-corrected chi connectivity index (χ2v) is 5.38. The minimum Gasteiger partial charge on any atom is -0.312 e. The van der Waals surface area contributed by atoms with Crippen molar-refractivity contribution in [2.75, 3.05) is 6.54 Å². The van der Waals surface area contributed by atoms with Crippen LogP contribution < -0.4 is 5.32 Å². The predicted molar refractivity (Wildman–Crippen MR) is 71.4 cm³/mol. The van der Waals surface area contributed by atoms with Crippen LogP contribution in [0, 0.1) is 12.8 Å². The minimum absolute atomic E-state index is 0.539. The number of nitrogens with zero attached hydrogens (tertiary/aromatic N) is 2. The van der Waals surface area contributed by atoms with Crippen molar-refractivity contribution in [1.29, 1.82) is 0 Å². The van der Waals surface area contributed by atoms with Crippen molar-refractivity contribution < 1.29 is 0 Å². The minimum atomic E-state index is 0.539. The summed E-state index contributed by atoms with van der Waals surface area (Å²) in [6.07, 6.45) is 7.21. The van der Waals surface area contributed by atoms with Gasteiger partial charge in [-0.1, -0.05) is 31.4 Å². The van der Waals surface area contributed by atoms with E-state index in [0.29, 0.717) is 6.04 Å². The monoisotopic (exact) mass is 255 g/mol. The molecule has 1 saturated carbocycles. The van der Waals surface area contributed by atoms with Crippen LogP contribution in [-0.2, 0) is 6.54 Å². The first-order valence-corrected chi connectivity index (χ1v) is 7.01. The first-order chi connectivity index (χ1) is 8.22. The summed E-state index contributed by atoms with van der Waals surface area (Å²) >= 11 is 6.05. The van der Waals surface area contributed by atoms with Crippen molar-refractivity contribution in [2.45, 2.75) is 52.1 Å². The van der Waals surface area contributed by atoms with Crippen LogP contribution in [0.2, 0.25) is 5.02 Å². The molecule has 2 rings (SSSR count). The van der Waals surface area contributed by atoms with Crippen LogP contribution in [0.1, 0.15) is 38.3 Å². The van der Waals surface area contributed by atoms with Gasteiger partial charge in [-0.05, 0) is 32.2 Å². The summed E-state index contributed by atoms with van der Waals surface area (Å²) in [5, 5.41) is 8.73. The Labute approximate surface area is 109 Å². The molecule has 1 aliphatic carbocycles. The average Bonchev–Trinajstić information content (AvgIpc) is 2.93. The Hall–Kier alpha value is -0.540. The predicted octanol–water partition coefficient (Wildman–Crippen LogP) is 3.01. The van der Waals surface area contributed by atoms with E-state index in [9.17, 15) is 0 Å². The van der Waals surface area contributed by atoms with Gasteiger partial charge in [0.2, 0.25) is 0 Å². The number of hydrogen-bond donors (Lipinski definition) is 1. The molecule has 1 heterocycles. The Bertz CT molecular complexity index is 356. The zero-order chi connectivity index (χ0) is 12.3. The van der Waals surface area contributed by atoms with Crippen LogP contribution in [-0.4, -0.2) is 22.4 Å². The van der Waals surface area contributed by atoms with E-state index in [2.05, 4.69) is 17.3 Å². The van der Waals surface area contributed by atoms with Gasteiger partial charge in [-0.3, -0.25) is 4.68 Å². The number of likely N-dealkylation sites (N-methyl/N-ethyl adjacent to an activating group) is 1. The third-order valence-corrected chi connectivity index (χ3v) is 4.22. The van der Waals surface area contributed by atoms with E-state index in [1.807, 2.05) is 11.6 Å². The number of halogens is 1. The maximum absolute atomic E-state index is 6.05. The van der Waals surface area contributed by atoms with Crippen molar-refractivity contribution >= 4 is 11.6 Å². The molecule has 1 aromatic heterocycles. The molecule has 0 radical (unpaired) electrons. The van der Waals surface area contributed by atoms with Gasteiger partial charge in [-0.25, -0.2) is 0 Å². The average molecular weight is 256 g/mol. The third-order valence-electron chi connectivity index (χ3n) is 3.85. The lowest BCUT2D eigenvalue weighted by atomic mass is 9.98. The van der Waals surface area contributed by atoms with Gasteiger partial charge in [0.1, 0.15) is 0 Å². The van der Waals surface area contributed by atoms with Gasteiger partial charge < -0.3 is 5.32 Å². The SMILES string of the molecule is CCNC(Cn1ncc(Cl)c1C)C1CCCC1. The Morgan fingerprint density at radius 3 is 2.76 bits per heavy atom. The Kier molecular flexibility index (Phi) is 4.46. The van der Waals surface area contributed by atoms with Gasteiger partial charge in [-0.15, -0.1) is 0 Å². The van der Waals surface area contributed by atoms with Gasteiger partial charge >= 0.3 is 0 Å². The van der Waals surface area contributed by atoms with E-state index in [4.69, 9.17) is 11.6 Å². The molecule has 1 N–H and O–H groups in total. The van der Waals surface area contributed by atoms with Crippen molar-refractivity contribution in [3.8, 4) is 0 Å². The lowest BCUT2D eigenvalue weighted by molar-refractivity contribution is 0.314. The first-order valence-electron chi connectivity index (χ1n) is 6.63. The number of hydrogen-bond acceptors (Lipinski definition) is 2. The highest BCUT2D eigenvalue weighted by Crippen LogP contribution is 2.28. The van der Waals surface area contributed by atoms with Crippen LogP contribution in [0.25, 0.3) is 0 Å². The summed E-state index contributed by atoms with van der Waals surface area (Å²) in [5.74, 6) is 0.803. The maximum Gasteiger partial charge on any atom is 0.0814 e. The highest BCUT2D eigenvalue weighted by molar-refractivity contribution is 6.31. The van der Waals surface area contributed by atoms with E-state index in [1.165, 1.54) is 25.7 Å².